The summed E-state index contributed by atoms with van der Waals surface area (Å²) in [7, 11) is 1.64. The molecule has 116 valence electrons. The number of ether oxygens (including phenoxy) is 2. The molecule has 4 nitrogen and oxygen atoms in total. The maximum atomic E-state index is 12.0. The Labute approximate surface area is 130 Å². The molecule has 0 heterocycles. The van der Waals surface area contributed by atoms with Crippen LogP contribution in [0, 0.1) is 0 Å². The number of esters is 1. The van der Waals surface area contributed by atoms with Gasteiger partial charge in [0.25, 0.3) is 0 Å². The maximum absolute atomic E-state index is 12.0. The second-order valence-electron chi connectivity index (χ2n) is 4.98. The average Bonchev–Trinajstić information content (AvgIpc) is 2.56. The third-order valence-electron chi connectivity index (χ3n) is 3.52. The highest BCUT2D eigenvalue weighted by Crippen LogP contribution is 2.25. The van der Waals surface area contributed by atoms with Gasteiger partial charge in [0, 0.05) is 0 Å². The van der Waals surface area contributed by atoms with Crippen LogP contribution in [0.1, 0.15) is 18.4 Å². The quantitative estimate of drug-likeness (QED) is 0.658. The fraction of sp³-hybridized carbons (Fsp3) is 0.278. The minimum Gasteiger partial charge on any atom is -0.497 e. The van der Waals surface area contributed by atoms with Crippen LogP contribution in [0.25, 0.3) is 10.8 Å². The molecule has 0 unspecified atom stereocenters. The van der Waals surface area contributed by atoms with Gasteiger partial charge in [-0.05, 0) is 41.5 Å². The Balaban J connectivity index is 2.12. The molecule has 0 spiro atoms. The van der Waals surface area contributed by atoms with E-state index in [2.05, 4.69) is 0 Å². The van der Waals surface area contributed by atoms with Crippen molar-refractivity contribution < 1.29 is 19.4 Å². The lowest BCUT2D eigenvalue weighted by Crippen LogP contribution is -2.13. The zero-order chi connectivity index (χ0) is 15.9. The van der Waals surface area contributed by atoms with Crippen LogP contribution in [0.5, 0.6) is 5.75 Å². The summed E-state index contributed by atoms with van der Waals surface area (Å²) in [4.78, 5) is 12.0. The second kappa shape index (κ2) is 7.61. The van der Waals surface area contributed by atoms with Crippen LogP contribution in [0.2, 0.25) is 0 Å². The van der Waals surface area contributed by atoms with Crippen LogP contribution in [0.4, 0.5) is 0 Å². The van der Waals surface area contributed by atoms with Gasteiger partial charge in [0.05, 0.1) is 19.6 Å². The summed E-state index contributed by atoms with van der Waals surface area (Å²) in [5.74, 6) is 0.188. The molecule has 0 aliphatic heterocycles. The monoisotopic (exact) mass is 300 g/mol. The van der Waals surface area contributed by atoms with Gasteiger partial charge in [0.2, 0.25) is 0 Å². The minimum atomic E-state index is -0.339. The Morgan fingerprint density at radius 2 is 1.91 bits per heavy atom. The Kier molecular flexibility index (Phi) is 5.55. The molecular weight excluding hydrogens is 280 g/mol. The first-order valence-electron chi connectivity index (χ1n) is 7.16. The van der Waals surface area contributed by atoms with Crippen LogP contribution in [-0.2, 0) is 9.53 Å². The average molecular weight is 300 g/mol. The van der Waals surface area contributed by atoms with Gasteiger partial charge < -0.3 is 14.6 Å². The number of benzene rings is 2. The topological polar surface area (TPSA) is 55.8 Å². The zero-order valence-corrected chi connectivity index (χ0v) is 12.8. The van der Waals surface area contributed by atoms with Crippen molar-refractivity contribution in [2.45, 2.75) is 12.8 Å². The first kappa shape index (κ1) is 16.0. The van der Waals surface area contributed by atoms with Crippen LogP contribution >= 0.6 is 0 Å². The molecule has 0 aliphatic carbocycles. The summed E-state index contributed by atoms with van der Waals surface area (Å²) in [5, 5.41) is 10.7. The van der Waals surface area contributed by atoms with Crippen molar-refractivity contribution in [1.29, 1.82) is 0 Å². The van der Waals surface area contributed by atoms with Gasteiger partial charge in [-0.15, -0.1) is 0 Å². The highest BCUT2D eigenvalue weighted by Gasteiger charge is 2.16. The number of aliphatic hydroxyl groups excluding tert-OH is 1. The van der Waals surface area contributed by atoms with E-state index in [9.17, 15) is 4.79 Å². The Bertz CT molecular complexity index is 676. The highest BCUT2D eigenvalue weighted by molar-refractivity contribution is 5.86. The SMILES string of the molecule is COc1ccc2cc([C@H](C)C(=O)OC/C=C\CO)ccc2c1. The minimum absolute atomic E-state index is 0.0543. The van der Waals surface area contributed by atoms with Crippen molar-refractivity contribution in [2.75, 3.05) is 20.3 Å². The molecule has 0 saturated heterocycles. The van der Waals surface area contributed by atoms with Gasteiger partial charge in [-0.1, -0.05) is 30.3 Å². The Morgan fingerprint density at radius 3 is 2.64 bits per heavy atom. The number of carbonyl (C=O) groups excluding carboxylic acids is 1. The van der Waals surface area contributed by atoms with E-state index < -0.39 is 0 Å². The normalized spacial score (nSPS) is 12.5. The number of hydrogen-bond acceptors (Lipinski definition) is 4. The smallest absolute Gasteiger partial charge is 0.313 e. The van der Waals surface area contributed by atoms with Gasteiger partial charge in [-0.25, -0.2) is 0 Å². The number of rotatable bonds is 6. The van der Waals surface area contributed by atoms with Crippen LogP contribution < -0.4 is 4.74 Å². The Hall–Kier alpha value is -2.33. The largest absolute Gasteiger partial charge is 0.497 e. The summed E-state index contributed by atoms with van der Waals surface area (Å²) in [6.45, 7) is 1.94. The summed E-state index contributed by atoms with van der Waals surface area (Å²) < 4.78 is 10.4. The summed E-state index contributed by atoms with van der Waals surface area (Å²) in [6.07, 6.45) is 3.17. The number of aliphatic hydroxyl groups is 1. The molecule has 1 atom stereocenters. The summed E-state index contributed by atoms with van der Waals surface area (Å²) >= 11 is 0. The van der Waals surface area contributed by atoms with Crippen LogP contribution in [-0.4, -0.2) is 31.4 Å². The lowest BCUT2D eigenvalue weighted by molar-refractivity contribution is -0.143. The second-order valence-corrected chi connectivity index (χ2v) is 4.98. The first-order valence-corrected chi connectivity index (χ1v) is 7.16. The Morgan fingerprint density at radius 1 is 1.18 bits per heavy atom. The molecule has 0 aromatic heterocycles. The van der Waals surface area contributed by atoms with Crippen molar-refractivity contribution >= 4 is 16.7 Å². The number of methoxy groups -OCH3 is 1. The lowest BCUT2D eigenvalue weighted by Gasteiger charge is -2.12. The number of hydrogen-bond donors (Lipinski definition) is 1. The molecule has 2 aromatic carbocycles. The molecular formula is C18H20O4. The van der Waals surface area contributed by atoms with E-state index in [-0.39, 0.29) is 25.1 Å². The maximum Gasteiger partial charge on any atom is 0.313 e. The van der Waals surface area contributed by atoms with Crippen molar-refractivity contribution in [2.24, 2.45) is 0 Å². The van der Waals surface area contributed by atoms with Crippen molar-refractivity contribution in [1.82, 2.24) is 0 Å². The summed E-state index contributed by atoms with van der Waals surface area (Å²) in [5.41, 5.74) is 0.911. The van der Waals surface area contributed by atoms with E-state index in [0.29, 0.717) is 0 Å². The van der Waals surface area contributed by atoms with Crippen LogP contribution in [0.3, 0.4) is 0 Å². The van der Waals surface area contributed by atoms with E-state index in [4.69, 9.17) is 14.6 Å². The fourth-order valence-electron chi connectivity index (χ4n) is 2.17. The molecule has 2 aromatic rings. The molecule has 0 aliphatic rings. The predicted molar refractivity (Wildman–Crippen MR) is 86.1 cm³/mol. The van der Waals surface area contributed by atoms with Crippen molar-refractivity contribution in [3.63, 3.8) is 0 Å². The molecule has 0 saturated carbocycles. The highest BCUT2D eigenvalue weighted by atomic mass is 16.5. The predicted octanol–water partition coefficient (Wildman–Crippen LogP) is 3.04. The molecule has 4 heteroatoms. The third-order valence-corrected chi connectivity index (χ3v) is 3.52. The standard InChI is InChI=1S/C18H20O4/c1-13(18(20)22-10-4-3-9-19)14-5-6-16-12-17(21-2)8-7-15(16)11-14/h3-8,11-13,19H,9-10H2,1-2H3/b4-3-/t13-/m0/s1. The van der Waals surface area contributed by atoms with Crippen molar-refractivity contribution in [3.8, 4) is 5.75 Å². The molecule has 0 fully saturated rings. The molecule has 0 amide bonds. The van der Waals surface area contributed by atoms with E-state index >= 15 is 0 Å². The van der Waals surface area contributed by atoms with Crippen molar-refractivity contribution in [3.05, 3.63) is 54.1 Å². The van der Waals surface area contributed by atoms with E-state index in [1.165, 1.54) is 0 Å². The molecule has 1 N–H and O–H groups in total. The van der Waals surface area contributed by atoms with Gasteiger partial charge >= 0.3 is 5.97 Å². The lowest BCUT2D eigenvalue weighted by atomic mass is 9.98. The first-order chi connectivity index (χ1) is 10.7. The molecule has 0 radical (unpaired) electrons. The van der Waals surface area contributed by atoms with Gasteiger partial charge in [-0.3, -0.25) is 4.79 Å². The number of carbonyl (C=O) groups is 1. The molecule has 2 rings (SSSR count). The van der Waals surface area contributed by atoms with Gasteiger partial charge in [0.1, 0.15) is 12.4 Å². The molecule has 22 heavy (non-hydrogen) atoms. The fourth-order valence-corrected chi connectivity index (χ4v) is 2.17. The van der Waals surface area contributed by atoms with E-state index in [1.54, 1.807) is 19.3 Å². The number of fused-ring (bicyclic) bond motifs is 1. The zero-order valence-electron chi connectivity index (χ0n) is 12.8. The third kappa shape index (κ3) is 3.86. The van der Waals surface area contributed by atoms with Gasteiger partial charge in [0.15, 0.2) is 0 Å². The molecule has 0 bridgehead atoms. The van der Waals surface area contributed by atoms with Crippen LogP contribution in [0.15, 0.2) is 48.6 Å². The van der Waals surface area contributed by atoms with E-state index in [1.807, 2.05) is 43.3 Å². The summed E-state index contributed by atoms with van der Waals surface area (Å²) in [6, 6.07) is 11.7. The van der Waals surface area contributed by atoms with E-state index in [0.717, 1.165) is 22.1 Å². The van der Waals surface area contributed by atoms with Gasteiger partial charge in [-0.2, -0.15) is 0 Å².